The summed E-state index contributed by atoms with van der Waals surface area (Å²) >= 11 is 0. The van der Waals surface area contributed by atoms with E-state index in [1.54, 1.807) is 0 Å². The van der Waals surface area contributed by atoms with E-state index < -0.39 is 18.1 Å². The summed E-state index contributed by atoms with van der Waals surface area (Å²) in [6, 6.07) is 0. The van der Waals surface area contributed by atoms with E-state index in [-0.39, 0.29) is 5.97 Å². The summed E-state index contributed by atoms with van der Waals surface area (Å²) in [6.45, 7) is 14.2. The summed E-state index contributed by atoms with van der Waals surface area (Å²) in [5.74, 6) is -0.352. The minimum Gasteiger partial charge on any atom is -0.463 e. The molecule has 0 aliphatic carbocycles. The van der Waals surface area contributed by atoms with Gasteiger partial charge in [0.2, 0.25) is 0 Å². The maximum absolute atomic E-state index is 11.0. The van der Waals surface area contributed by atoms with Gasteiger partial charge in [-0.05, 0) is 38.8 Å². The third-order valence-electron chi connectivity index (χ3n) is 3.91. The Hall–Kier alpha value is -0.516. The molecule has 8 heteroatoms. The minimum absolute atomic E-state index is 0.352. The van der Waals surface area contributed by atoms with Crippen molar-refractivity contribution < 1.29 is 26.9 Å². The maximum Gasteiger partial charge on any atom is 0.668 e. The van der Waals surface area contributed by atoms with Crippen LogP contribution in [0.1, 0.15) is 71.6 Å². The number of esters is 1. The van der Waals surface area contributed by atoms with Crippen LogP contribution in [0.3, 0.4) is 0 Å². The Balaban J connectivity index is 4.25. The van der Waals surface area contributed by atoms with Crippen molar-refractivity contribution in [2.24, 2.45) is 0 Å². The van der Waals surface area contributed by atoms with Crippen LogP contribution in [0.2, 0.25) is 13.1 Å². The number of hydrogen-bond donors (Lipinski definition) is 0. The zero-order valence-corrected chi connectivity index (χ0v) is 20.7. The summed E-state index contributed by atoms with van der Waals surface area (Å²) in [6.07, 6.45) is 10.3. The molecule has 0 spiro atoms. The fraction of sp³-hybridized carbons (Fsp3) is 0.850. The van der Waals surface area contributed by atoms with Crippen LogP contribution >= 0.6 is 0 Å². The molecule has 0 aliphatic rings. The van der Waals surface area contributed by atoms with Crippen molar-refractivity contribution in [2.45, 2.75) is 84.7 Å². The minimum atomic E-state index is -3.04. The smallest absolute Gasteiger partial charge is 0.463 e. The lowest BCUT2D eigenvalue weighted by atomic mass is 10.1. The van der Waals surface area contributed by atoms with Gasteiger partial charge in [0, 0.05) is 25.9 Å². The zero-order valence-electron chi connectivity index (χ0n) is 18.5. The fourth-order valence-corrected chi connectivity index (χ4v) is 6.92. The Morgan fingerprint density at radius 1 is 0.821 bits per heavy atom. The number of carbonyl (C=O) groups is 1. The Labute approximate surface area is 175 Å². The molecule has 6 nitrogen and oxygen atoms in total. The summed E-state index contributed by atoms with van der Waals surface area (Å²) in [5.41, 5.74) is 0. The van der Waals surface area contributed by atoms with E-state index in [1.807, 2.05) is 0 Å². The monoisotopic (exact) mass is 434 g/mol. The molecule has 0 saturated carbocycles. The fourth-order valence-electron chi connectivity index (χ4n) is 2.36. The molecular formula is C20H42O6Si2. The molecule has 28 heavy (non-hydrogen) atoms. The standard InChI is InChI=1S/C20H42O6Si2/c1-6-9-17-23-28(26-27(4)5,24-18-10-7-2)25-19-15-13-11-12-14-16-22-20(21)8-3/h8,27H,3,6-7,9-19H2,1-2,4-5H3. The highest BCUT2D eigenvalue weighted by Gasteiger charge is 2.45. The highest BCUT2D eigenvalue weighted by atomic mass is 28.4. The first-order valence-electron chi connectivity index (χ1n) is 10.9. The summed E-state index contributed by atoms with van der Waals surface area (Å²) in [4.78, 5) is 11.0. The quantitative estimate of drug-likeness (QED) is 0.119. The van der Waals surface area contributed by atoms with E-state index in [0.29, 0.717) is 26.4 Å². The Kier molecular flexibility index (Phi) is 18.2. The van der Waals surface area contributed by atoms with Gasteiger partial charge in [0.05, 0.1) is 6.61 Å². The average molecular weight is 435 g/mol. The van der Waals surface area contributed by atoms with E-state index in [0.717, 1.165) is 57.8 Å². The molecular weight excluding hydrogens is 392 g/mol. The second kappa shape index (κ2) is 18.5. The van der Waals surface area contributed by atoms with Crippen molar-refractivity contribution >= 4 is 24.1 Å². The van der Waals surface area contributed by atoms with Gasteiger partial charge in [0.15, 0.2) is 9.04 Å². The highest BCUT2D eigenvalue weighted by Crippen LogP contribution is 2.17. The topological polar surface area (TPSA) is 63.2 Å². The summed E-state index contributed by atoms with van der Waals surface area (Å²) in [7, 11) is -4.39. The molecule has 0 rings (SSSR count). The van der Waals surface area contributed by atoms with E-state index >= 15 is 0 Å². The van der Waals surface area contributed by atoms with Crippen LogP contribution in [0.15, 0.2) is 12.7 Å². The van der Waals surface area contributed by atoms with Crippen LogP contribution < -0.4 is 0 Å². The van der Waals surface area contributed by atoms with Gasteiger partial charge in [-0.3, -0.25) is 0 Å². The SMILES string of the molecule is C=CC(=O)OCCCCCCCO[Si](OCCCC)(OCCCC)O[SiH](C)C. The van der Waals surface area contributed by atoms with Crippen molar-refractivity contribution in [3.05, 3.63) is 12.7 Å². The third-order valence-corrected chi connectivity index (χ3v) is 8.63. The zero-order chi connectivity index (χ0) is 21.1. The molecule has 0 unspecified atom stereocenters. The third kappa shape index (κ3) is 15.4. The molecule has 0 bridgehead atoms. The van der Waals surface area contributed by atoms with Gasteiger partial charge in [0.25, 0.3) is 0 Å². The molecule has 0 aromatic carbocycles. The molecule has 0 fully saturated rings. The first-order chi connectivity index (χ1) is 13.5. The van der Waals surface area contributed by atoms with Gasteiger partial charge in [-0.25, -0.2) is 4.79 Å². The van der Waals surface area contributed by atoms with Crippen molar-refractivity contribution in [2.75, 3.05) is 26.4 Å². The van der Waals surface area contributed by atoms with Gasteiger partial charge in [0.1, 0.15) is 0 Å². The van der Waals surface area contributed by atoms with Crippen LogP contribution in [-0.4, -0.2) is 50.5 Å². The first kappa shape index (κ1) is 27.5. The normalized spacial score (nSPS) is 11.8. The lowest BCUT2D eigenvalue weighted by Crippen LogP contribution is -2.52. The van der Waals surface area contributed by atoms with Crippen LogP contribution in [0.25, 0.3) is 0 Å². The second-order valence-electron chi connectivity index (χ2n) is 7.06. The summed E-state index contributed by atoms with van der Waals surface area (Å²) in [5, 5.41) is 0. The average Bonchev–Trinajstić information content (AvgIpc) is 2.66. The Bertz CT molecular complexity index is 383. The number of rotatable bonds is 20. The molecule has 0 amide bonds. The lowest BCUT2D eigenvalue weighted by Gasteiger charge is -2.30. The van der Waals surface area contributed by atoms with E-state index in [2.05, 4.69) is 33.5 Å². The number of hydrogen-bond acceptors (Lipinski definition) is 6. The largest absolute Gasteiger partial charge is 0.668 e. The van der Waals surface area contributed by atoms with E-state index in [4.69, 9.17) is 22.1 Å². The van der Waals surface area contributed by atoms with Crippen LogP contribution in [0.5, 0.6) is 0 Å². The van der Waals surface area contributed by atoms with E-state index in [9.17, 15) is 4.79 Å². The van der Waals surface area contributed by atoms with E-state index in [1.165, 1.54) is 6.08 Å². The molecule has 0 atom stereocenters. The molecule has 0 radical (unpaired) electrons. The molecule has 0 aromatic heterocycles. The van der Waals surface area contributed by atoms with Gasteiger partial charge < -0.3 is 22.1 Å². The van der Waals surface area contributed by atoms with Gasteiger partial charge >= 0.3 is 15.0 Å². The molecule has 0 N–H and O–H groups in total. The first-order valence-corrected chi connectivity index (χ1v) is 15.3. The van der Waals surface area contributed by atoms with Gasteiger partial charge in [-0.1, -0.05) is 52.5 Å². The molecule has 0 saturated heterocycles. The van der Waals surface area contributed by atoms with Gasteiger partial charge in [-0.2, -0.15) is 0 Å². The van der Waals surface area contributed by atoms with Crippen molar-refractivity contribution in [1.29, 1.82) is 0 Å². The van der Waals surface area contributed by atoms with Crippen molar-refractivity contribution in [3.63, 3.8) is 0 Å². The second-order valence-corrected chi connectivity index (χ2v) is 12.0. The lowest BCUT2D eigenvalue weighted by molar-refractivity contribution is -0.137. The van der Waals surface area contributed by atoms with Crippen LogP contribution in [0.4, 0.5) is 0 Å². The maximum atomic E-state index is 11.0. The van der Waals surface area contributed by atoms with Crippen LogP contribution in [-0.2, 0) is 26.9 Å². The number of unbranched alkanes of at least 4 members (excludes halogenated alkanes) is 6. The number of carbonyl (C=O) groups excluding carboxylic acids is 1. The van der Waals surface area contributed by atoms with Crippen molar-refractivity contribution in [1.82, 2.24) is 0 Å². The van der Waals surface area contributed by atoms with Crippen molar-refractivity contribution in [3.8, 4) is 0 Å². The number of ether oxygens (including phenoxy) is 1. The molecule has 0 aliphatic heterocycles. The predicted octanol–water partition coefficient (Wildman–Crippen LogP) is 4.75. The Morgan fingerprint density at radius 3 is 1.75 bits per heavy atom. The summed E-state index contributed by atoms with van der Waals surface area (Å²) < 4.78 is 29.4. The van der Waals surface area contributed by atoms with Gasteiger partial charge in [-0.15, -0.1) is 0 Å². The predicted molar refractivity (Wildman–Crippen MR) is 118 cm³/mol. The Morgan fingerprint density at radius 2 is 1.29 bits per heavy atom. The van der Waals surface area contributed by atoms with Crippen LogP contribution in [0, 0.1) is 0 Å². The molecule has 0 aromatic rings. The molecule has 0 heterocycles. The molecule has 166 valence electrons. The highest BCUT2D eigenvalue weighted by molar-refractivity contribution is 6.66.